The van der Waals surface area contributed by atoms with Crippen LogP contribution in [0.15, 0.2) is 16.8 Å². The highest BCUT2D eigenvalue weighted by Gasteiger charge is 2.23. The normalized spacial score (nSPS) is 18.7. The Balaban J connectivity index is 0.000000817. The predicted octanol–water partition coefficient (Wildman–Crippen LogP) is 2.00. The van der Waals surface area contributed by atoms with Gasteiger partial charge in [-0.15, -0.1) is 0 Å². The Morgan fingerprint density at radius 2 is 1.63 bits per heavy atom. The van der Waals surface area contributed by atoms with Gasteiger partial charge in [-0.3, -0.25) is 19.3 Å². The summed E-state index contributed by atoms with van der Waals surface area (Å²) in [6, 6.07) is 1.89. The lowest BCUT2D eigenvalue weighted by Crippen LogP contribution is -2.42. The second-order valence-corrected chi connectivity index (χ2v) is 7.61. The molecule has 0 aromatic carbocycles. The zero-order chi connectivity index (χ0) is 19.5. The average Bonchev–Trinajstić information content (AvgIpc) is 2.91. The largest absolute Gasteiger partial charge is 0.483 e. The summed E-state index contributed by atoms with van der Waals surface area (Å²) in [5, 5.41) is 10.7. The number of hydrogen-bond acceptors (Lipinski definition) is 5. The van der Waals surface area contributed by atoms with Crippen LogP contribution in [0.25, 0.3) is 0 Å². The summed E-state index contributed by atoms with van der Waals surface area (Å²) in [5.74, 6) is 0.381. The van der Waals surface area contributed by atoms with Crippen molar-refractivity contribution in [2.24, 2.45) is 0 Å². The van der Waals surface area contributed by atoms with Crippen LogP contribution in [-0.4, -0.2) is 83.9 Å². The fraction of sp³-hybridized carbons (Fsp3) is 0.632. The van der Waals surface area contributed by atoms with Crippen molar-refractivity contribution in [3.8, 4) is 0 Å². The van der Waals surface area contributed by atoms with Gasteiger partial charge in [-0.2, -0.15) is 11.3 Å². The number of rotatable bonds is 3. The zero-order valence-electron chi connectivity index (χ0n) is 15.7. The van der Waals surface area contributed by atoms with Crippen LogP contribution in [-0.2, 0) is 9.59 Å². The van der Waals surface area contributed by atoms with Crippen LogP contribution in [0.5, 0.6) is 0 Å². The maximum Gasteiger partial charge on any atom is 0.290 e. The van der Waals surface area contributed by atoms with E-state index >= 15 is 0 Å². The molecule has 2 aliphatic rings. The van der Waals surface area contributed by atoms with Crippen LogP contribution >= 0.6 is 11.3 Å². The van der Waals surface area contributed by atoms with Crippen molar-refractivity contribution in [2.75, 3.05) is 45.8 Å². The van der Waals surface area contributed by atoms with Crippen LogP contribution in [0.2, 0.25) is 0 Å². The number of nitrogens with zero attached hydrogens (tertiary/aromatic N) is 3. The summed E-state index contributed by atoms with van der Waals surface area (Å²) in [5.41, 5.74) is 0.786. The lowest BCUT2D eigenvalue weighted by atomic mass is 10.2. The number of amides is 2. The maximum atomic E-state index is 12.5. The first kappa shape index (κ1) is 21.4. The van der Waals surface area contributed by atoms with Crippen molar-refractivity contribution in [2.45, 2.75) is 32.1 Å². The molecule has 1 aromatic heterocycles. The topological polar surface area (TPSA) is 81.2 Å². The summed E-state index contributed by atoms with van der Waals surface area (Å²) < 4.78 is 0. The maximum absolute atomic E-state index is 12.5. The van der Waals surface area contributed by atoms with E-state index in [4.69, 9.17) is 9.90 Å². The van der Waals surface area contributed by atoms with Crippen molar-refractivity contribution >= 4 is 29.6 Å². The third-order valence-corrected chi connectivity index (χ3v) is 5.64. The van der Waals surface area contributed by atoms with Crippen LogP contribution in [0, 0.1) is 0 Å². The van der Waals surface area contributed by atoms with Crippen molar-refractivity contribution in [3.63, 3.8) is 0 Å². The van der Waals surface area contributed by atoms with Gasteiger partial charge < -0.3 is 14.9 Å². The molecule has 0 atom stereocenters. The number of carbonyl (C=O) groups is 3. The van der Waals surface area contributed by atoms with Crippen molar-refractivity contribution in [1.29, 1.82) is 0 Å². The molecule has 2 saturated heterocycles. The van der Waals surface area contributed by atoms with Crippen molar-refractivity contribution in [1.82, 2.24) is 14.7 Å². The molecule has 8 heteroatoms. The summed E-state index contributed by atoms with van der Waals surface area (Å²) in [6.45, 7) is 5.25. The molecule has 0 bridgehead atoms. The molecule has 0 radical (unpaired) electrons. The Labute approximate surface area is 164 Å². The Morgan fingerprint density at radius 3 is 2.26 bits per heavy atom. The van der Waals surface area contributed by atoms with Gasteiger partial charge >= 0.3 is 0 Å². The van der Waals surface area contributed by atoms with E-state index in [2.05, 4.69) is 4.90 Å². The van der Waals surface area contributed by atoms with E-state index in [0.29, 0.717) is 13.1 Å². The van der Waals surface area contributed by atoms with Crippen LogP contribution < -0.4 is 0 Å². The first-order valence-electron chi connectivity index (χ1n) is 9.55. The number of hydrogen-bond donors (Lipinski definition) is 1. The molecule has 150 valence electrons. The Hall–Kier alpha value is -1.93. The van der Waals surface area contributed by atoms with E-state index < -0.39 is 0 Å². The third kappa shape index (κ3) is 6.95. The lowest BCUT2D eigenvalue weighted by molar-refractivity contribution is -0.132. The minimum Gasteiger partial charge on any atom is -0.483 e. The lowest BCUT2D eigenvalue weighted by Gasteiger charge is -2.25. The summed E-state index contributed by atoms with van der Waals surface area (Å²) >= 11 is 1.56. The highest BCUT2D eigenvalue weighted by molar-refractivity contribution is 7.08. The molecule has 0 spiro atoms. The predicted molar refractivity (Wildman–Crippen MR) is 105 cm³/mol. The molecule has 0 aliphatic carbocycles. The molecule has 3 heterocycles. The molecule has 1 N–H and O–H groups in total. The molecule has 0 saturated carbocycles. The second kappa shape index (κ2) is 11.7. The van der Waals surface area contributed by atoms with Gasteiger partial charge in [-0.1, -0.05) is 12.8 Å². The van der Waals surface area contributed by atoms with Gasteiger partial charge in [0.1, 0.15) is 0 Å². The fourth-order valence-corrected chi connectivity index (χ4v) is 4.14. The molecule has 2 amide bonds. The first-order valence-corrected chi connectivity index (χ1v) is 10.5. The van der Waals surface area contributed by atoms with E-state index in [1.54, 1.807) is 11.3 Å². The fourth-order valence-electron chi connectivity index (χ4n) is 3.51. The number of thiophene rings is 1. The van der Waals surface area contributed by atoms with Crippen LogP contribution in [0.1, 0.15) is 42.5 Å². The van der Waals surface area contributed by atoms with Crippen molar-refractivity contribution < 1.29 is 19.5 Å². The summed E-state index contributed by atoms with van der Waals surface area (Å²) in [6.07, 6.45) is 5.69. The smallest absolute Gasteiger partial charge is 0.290 e. The Bertz CT molecular complexity index is 586. The highest BCUT2D eigenvalue weighted by atomic mass is 32.1. The summed E-state index contributed by atoms with van der Waals surface area (Å²) in [4.78, 5) is 39.5. The number of carboxylic acid groups (broad SMARTS) is 1. The van der Waals surface area contributed by atoms with Gasteiger partial charge in [0.15, 0.2) is 0 Å². The average molecular weight is 396 g/mol. The second-order valence-electron chi connectivity index (χ2n) is 6.83. The molecule has 27 heavy (non-hydrogen) atoms. The third-order valence-electron chi connectivity index (χ3n) is 4.96. The van der Waals surface area contributed by atoms with Crippen LogP contribution in [0.4, 0.5) is 0 Å². The molecule has 3 rings (SSSR count). The van der Waals surface area contributed by atoms with E-state index in [1.165, 1.54) is 12.8 Å². The Morgan fingerprint density at radius 1 is 0.963 bits per heavy atom. The molecule has 2 aliphatic heterocycles. The molecule has 7 nitrogen and oxygen atoms in total. The molecular weight excluding hydrogens is 366 g/mol. The van der Waals surface area contributed by atoms with Gasteiger partial charge in [-0.05, 0) is 30.7 Å². The highest BCUT2D eigenvalue weighted by Crippen LogP contribution is 2.13. The molecular formula is C19H29N3O4S. The number of carbonyl (C=O) groups excluding carboxylic acids is 2. The molecule has 1 aromatic rings. The van der Waals surface area contributed by atoms with E-state index in [-0.39, 0.29) is 18.3 Å². The monoisotopic (exact) mass is 395 g/mol. The van der Waals surface area contributed by atoms with Gasteiger partial charge in [0.25, 0.3) is 12.4 Å². The van der Waals surface area contributed by atoms with Gasteiger partial charge in [0, 0.05) is 44.6 Å². The standard InChI is InChI=1S/C18H27N3O2S.CH2O2/c22-17(20-8-3-1-2-4-9-20)14-19-7-5-10-21(12-11-19)18(23)16-6-13-24-15-16;2-1-3/h6,13,15H,1-5,7-12,14H2;1H,(H,2,3). The van der Waals surface area contributed by atoms with E-state index in [1.807, 2.05) is 26.6 Å². The van der Waals surface area contributed by atoms with Gasteiger partial charge in [-0.25, -0.2) is 0 Å². The van der Waals surface area contributed by atoms with Crippen LogP contribution in [0.3, 0.4) is 0 Å². The van der Waals surface area contributed by atoms with E-state index in [9.17, 15) is 9.59 Å². The Kier molecular flexibility index (Phi) is 9.27. The minimum absolute atomic E-state index is 0.122. The summed E-state index contributed by atoms with van der Waals surface area (Å²) in [7, 11) is 0. The molecule has 0 unspecified atom stereocenters. The first-order chi connectivity index (χ1) is 13.2. The number of likely N-dealkylation sites (tertiary alicyclic amines) is 1. The van der Waals surface area contributed by atoms with E-state index in [0.717, 1.165) is 57.5 Å². The quantitative estimate of drug-likeness (QED) is 0.792. The van der Waals surface area contributed by atoms with Gasteiger partial charge in [0.05, 0.1) is 12.1 Å². The SMILES string of the molecule is O=C(CN1CCCN(C(=O)c2ccsc2)CC1)N1CCCCCC1.O=CO. The minimum atomic E-state index is -0.250. The van der Waals surface area contributed by atoms with Crippen molar-refractivity contribution in [3.05, 3.63) is 22.4 Å². The van der Waals surface area contributed by atoms with Gasteiger partial charge in [0.2, 0.25) is 5.91 Å². The zero-order valence-corrected chi connectivity index (χ0v) is 16.5. The molecule has 2 fully saturated rings.